The summed E-state index contributed by atoms with van der Waals surface area (Å²) in [4.78, 5) is 6.61. The van der Waals surface area contributed by atoms with E-state index in [9.17, 15) is 8.42 Å². The van der Waals surface area contributed by atoms with Gasteiger partial charge in [0, 0.05) is 45.2 Å². The molecule has 2 rings (SSSR count). The van der Waals surface area contributed by atoms with Gasteiger partial charge in [0.05, 0.1) is 12.9 Å². The van der Waals surface area contributed by atoms with E-state index in [0.717, 1.165) is 45.1 Å². The Balaban J connectivity index is 0.00000264. The van der Waals surface area contributed by atoms with E-state index in [4.69, 9.17) is 4.74 Å². The Morgan fingerprint density at radius 3 is 2.65 bits per heavy atom. The molecule has 2 fully saturated rings. The Hall–Kier alpha value is -0.130. The fourth-order valence-electron chi connectivity index (χ4n) is 3.36. The van der Waals surface area contributed by atoms with Gasteiger partial charge in [-0.2, -0.15) is 0 Å². The lowest BCUT2D eigenvalue weighted by molar-refractivity contribution is -0.0370. The van der Waals surface area contributed by atoms with Crippen molar-refractivity contribution >= 4 is 40.0 Å². The molecule has 136 valence electrons. The second kappa shape index (κ2) is 9.38. The average molecular weight is 460 g/mol. The second-order valence-corrected chi connectivity index (χ2v) is 8.15. The SMILES string of the molecule is CN=C(NCCNS(C)(=O)=O)N1CCCC2(CCCOC2)C1.I. The highest BCUT2D eigenvalue weighted by Crippen LogP contribution is 2.37. The van der Waals surface area contributed by atoms with Crippen molar-refractivity contribution in [3.05, 3.63) is 0 Å². The second-order valence-electron chi connectivity index (χ2n) is 6.32. The van der Waals surface area contributed by atoms with Gasteiger partial charge in [-0.05, 0) is 25.7 Å². The van der Waals surface area contributed by atoms with Crippen molar-refractivity contribution in [2.45, 2.75) is 25.7 Å². The molecule has 9 heteroatoms. The van der Waals surface area contributed by atoms with Crippen molar-refractivity contribution in [2.24, 2.45) is 10.4 Å². The van der Waals surface area contributed by atoms with E-state index in [0.29, 0.717) is 13.1 Å². The van der Waals surface area contributed by atoms with Crippen LogP contribution in [-0.2, 0) is 14.8 Å². The van der Waals surface area contributed by atoms with Gasteiger partial charge in [0.1, 0.15) is 0 Å². The maximum Gasteiger partial charge on any atom is 0.208 e. The number of guanidine groups is 1. The molecule has 0 bridgehead atoms. The van der Waals surface area contributed by atoms with Crippen LogP contribution in [0, 0.1) is 5.41 Å². The summed E-state index contributed by atoms with van der Waals surface area (Å²) in [5.41, 5.74) is 0.263. The van der Waals surface area contributed by atoms with Crippen molar-refractivity contribution < 1.29 is 13.2 Å². The third-order valence-electron chi connectivity index (χ3n) is 4.35. The summed E-state index contributed by atoms with van der Waals surface area (Å²) >= 11 is 0. The van der Waals surface area contributed by atoms with Crippen molar-refractivity contribution in [1.29, 1.82) is 0 Å². The van der Waals surface area contributed by atoms with Gasteiger partial charge in [-0.1, -0.05) is 0 Å². The number of ether oxygens (including phenoxy) is 1. The van der Waals surface area contributed by atoms with Gasteiger partial charge >= 0.3 is 0 Å². The molecule has 1 atom stereocenters. The Labute approximate surface area is 156 Å². The zero-order valence-corrected chi connectivity index (χ0v) is 17.2. The first-order chi connectivity index (χ1) is 10.4. The fourth-order valence-corrected chi connectivity index (χ4v) is 3.84. The zero-order chi connectivity index (χ0) is 16.1. The van der Waals surface area contributed by atoms with Gasteiger partial charge in [-0.25, -0.2) is 13.1 Å². The normalized spacial score (nSPS) is 26.0. The molecule has 0 radical (unpaired) electrons. The van der Waals surface area contributed by atoms with Crippen LogP contribution in [0.15, 0.2) is 4.99 Å². The van der Waals surface area contributed by atoms with Crippen LogP contribution < -0.4 is 10.0 Å². The molecule has 0 aromatic carbocycles. The molecule has 0 saturated carbocycles. The van der Waals surface area contributed by atoms with Crippen molar-refractivity contribution in [3.8, 4) is 0 Å². The summed E-state index contributed by atoms with van der Waals surface area (Å²) in [7, 11) is -1.37. The van der Waals surface area contributed by atoms with Crippen LogP contribution in [0.5, 0.6) is 0 Å². The molecule has 0 amide bonds. The Morgan fingerprint density at radius 1 is 1.30 bits per heavy atom. The number of aliphatic imine (C=N–C) groups is 1. The smallest absolute Gasteiger partial charge is 0.208 e. The van der Waals surface area contributed by atoms with Crippen LogP contribution >= 0.6 is 24.0 Å². The average Bonchev–Trinajstić information content (AvgIpc) is 2.47. The third-order valence-corrected chi connectivity index (χ3v) is 5.08. The number of sulfonamides is 1. The molecule has 2 saturated heterocycles. The fraction of sp³-hybridized carbons (Fsp3) is 0.929. The summed E-state index contributed by atoms with van der Waals surface area (Å²) in [6, 6.07) is 0. The lowest BCUT2D eigenvalue weighted by Crippen LogP contribution is -2.53. The van der Waals surface area contributed by atoms with E-state index in [1.165, 1.54) is 19.1 Å². The number of halogens is 1. The van der Waals surface area contributed by atoms with Crippen LogP contribution in [0.2, 0.25) is 0 Å². The standard InChI is InChI=1S/C14H28N4O3S.HI/c1-15-13(16-7-8-17-22(2,19)20)18-9-3-5-14(11-18)6-4-10-21-12-14;/h17H,3-12H2,1-2H3,(H,15,16);1H. The van der Waals surface area contributed by atoms with E-state index in [2.05, 4.69) is 19.9 Å². The minimum absolute atomic E-state index is 0. The maximum absolute atomic E-state index is 11.1. The lowest BCUT2D eigenvalue weighted by atomic mass is 9.76. The number of piperidine rings is 1. The van der Waals surface area contributed by atoms with Crippen LogP contribution in [-0.4, -0.2) is 72.0 Å². The summed E-state index contributed by atoms with van der Waals surface area (Å²) in [5.74, 6) is 0.847. The van der Waals surface area contributed by atoms with Crippen LogP contribution in [0.1, 0.15) is 25.7 Å². The van der Waals surface area contributed by atoms with Crippen LogP contribution in [0.4, 0.5) is 0 Å². The molecule has 2 heterocycles. The highest BCUT2D eigenvalue weighted by Gasteiger charge is 2.38. The predicted octanol–water partition coefficient (Wildman–Crippen LogP) is 0.622. The first-order valence-electron chi connectivity index (χ1n) is 7.92. The molecule has 23 heavy (non-hydrogen) atoms. The van der Waals surface area contributed by atoms with Crippen molar-refractivity contribution in [1.82, 2.24) is 14.9 Å². The number of nitrogens with zero attached hydrogens (tertiary/aromatic N) is 2. The first kappa shape index (κ1) is 20.9. The molecule has 1 spiro atoms. The Kier molecular flexibility index (Phi) is 8.53. The summed E-state index contributed by atoms with van der Waals surface area (Å²) in [5, 5.41) is 3.24. The Morgan fingerprint density at radius 2 is 2.04 bits per heavy atom. The number of rotatable bonds is 4. The van der Waals surface area contributed by atoms with Crippen LogP contribution in [0.3, 0.4) is 0 Å². The van der Waals surface area contributed by atoms with Gasteiger partial charge in [-0.3, -0.25) is 4.99 Å². The third kappa shape index (κ3) is 6.71. The molecule has 0 aromatic rings. The number of hydrogen-bond acceptors (Lipinski definition) is 4. The quantitative estimate of drug-likeness (QED) is 0.278. The first-order valence-corrected chi connectivity index (χ1v) is 9.81. The molecule has 2 aliphatic heterocycles. The zero-order valence-electron chi connectivity index (χ0n) is 14.0. The molecule has 2 N–H and O–H groups in total. The summed E-state index contributed by atoms with van der Waals surface area (Å²) in [6.45, 7) is 4.56. The molecule has 2 aliphatic rings. The molecular formula is C14H29IN4O3S. The molecule has 0 aromatic heterocycles. The predicted molar refractivity (Wildman–Crippen MR) is 103 cm³/mol. The van der Waals surface area contributed by atoms with Gasteiger partial charge < -0.3 is 15.0 Å². The summed E-state index contributed by atoms with van der Waals surface area (Å²) < 4.78 is 30.3. The van der Waals surface area contributed by atoms with Gasteiger partial charge in [0.15, 0.2) is 5.96 Å². The highest BCUT2D eigenvalue weighted by atomic mass is 127. The minimum atomic E-state index is -3.14. The lowest BCUT2D eigenvalue weighted by Gasteiger charge is -2.45. The monoisotopic (exact) mass is 460 g/mol. The van der Waals surface area contributed by atoms with Crippen molar-refractivity contribution in [2.75, 3.05) is 52.7 Å². The van der Waals surface area contributed by atoms with E-state index < -0.39 is 10.0 Å². The van der Waals surface area contributed by atoms with Gasteiger partial charge in [0.25, 0.3) is 0 Å². The van der Waals surface area contributed by atoms with E-state index in [1.54, 1.807) is 7.05 Å². The minimum Gasteiger partial charge on any atom is -0.381 e. The molecule has 7 nitrogen and oxygen atoms in total. The van der Waals surface area contributed by atoms with Crippen molar-refractivity contribution in [3.63, 3.8) is 0 Å². The molecular weight excluding hydrogens is 431 g/mol. The maximum atomic E-state index is 11.1. The van der Waals surface area contributed by atoms with Gasteiger partial charge in [0.2, 0.25) is 10.0 Å². The topological polar surface area (TPSA) is 83.0 Å². The van der Waals surface area contributed by atoms with E-state index in [-0.39, 0.29) is 29.4 Å². The number of nitrogens with one attached hydrogen (secondary N) is 2. The number of hydrogen-bond donors (Lipinski definition) is 2. The Bertz CT molecular complexity index is 487. The van der Waals surface area contributed by atoms with E-state index >= 15 is 0 Å². The summed E-state index contributed by atoms with van der Waals surface area (Å²) in [6.07, 6.45) is 5.88. The highest BCUT2D eigenvalue weighted by molar-refractivity contribution is 14.0. The van der Waals surface area contributed by atoms with Crippen LogP contribution in [0.25, 0.3) is 0 Å². The molecule has 0 aliphatic carbocycles. The largest absolute Gasteiger partial charge is 0.381 e. The van der Waals surface area contributed by atoms with E-state index in [1.807, 2.05) is 0 Å². The number of likely N-dealkylation sites (tertiary alicyclic amines) is 1. The molecule has 1 unspecified atom stereocenters. The van der Waals surface area contributed by atoms with Gasteiger partial charge in [-0.15, -0.1) is 24.0 Å².